The number of para-hydroxylation sites is 1. The van der Waals surface area contributed by atoms with Gasteiger partial charge in [0, 0.05) is 5.56 Å². The van der Waals surface area contributed by atoms with Crippen LogP contribution in [0.15, 0.2) is 96.6 Å². The van der Waals surface area contributed by atoms with Gasteiger partial charge in [-0.25, -0.2) is 9.37 Å². The second-order valence-corrected chi connectivity index (χ2v) is 10.6. The van der Waals surface area contributed by atoms with Gasteiger partial charge in [-0.1, -0.05) is 59.4 Å². The number of aromatic nitrogens is 1. The largest absolute Gasteiger partial charge is 0.507 e. The molecule has 8 heteroatoms. The molecule has 5 aromatic rings. The van der Waals surface area contributed by atoms with Crippen LogP contribution in [0.2, 0.25) is 0 Å². The van der Waals surface area contributed by atoms with Crippen LogP contribution in [0.4, 0.5) is 9.52 Å². The van der Waals surface area contributed by atoms with Gasteiger partial charge in [-0.15, -0.1) is 0 Å². The van der Waals surface area contributed by atoms with E-state index in [0.29, 0.717) is 32.8 Å². The zero-order chi connectivity index (χ0) is 28.0. The van der Waals surface area contributed by atoms with Crippen molar-refractivity contribution in [3.8, 4) is 11.5 Å². The van der Waals surface area contributed by atoms with Crippen LogP contribution >= 0.6 is 11.3 Å². The molecular formula is C32H23FN2O4S. The standard InChI is InChI=1S/C32H23FN2O4S/c1-18-11-12-19(2)24(15-18)29(36)27-28(20-7-6-10-23(16-20)39-22-8-4-3-5-9-22)35(31(38)30(27)37)32-34-25-14-13-21(33)17-26(25)40-32/h3-17,28,36H,1-2H3. The van der Waals surface area contributed by atoms with E-state index in [0.717, 1.165) is 22.5 Å². The Morgan fingerprint density at radius 1 is 0.925 bits per heavy atom. The van der Waals surface area contributed by atoms with Crippen LogP contribution in [0.1, 0.15) is 28.3 Å². The number of fused-ring (bicyclic) bond motifs is 1. The predicted octanol–water partition coefficient (Wildman–Crippen LogP) is 7.47. The van der Waals surface area contributed by atoms with Crippen molar-refractivity contribution in [3.63, 3.8) is 0 Å². The van der Waals surface area contributed by atoms with Gasteiger partial charge in [0.1, 0.15) is 23.1 Å². The number of aliphatic hydroxyl groups is 1. The lowest BCUT2D eigenvalue weighted by Gasteiger charge is -2.23. The average Bonchev–Trinajstić information content (AvgIpc) is 3.48. The lowest BCUT2D eigenvalue weighted by Crippen LogP contribution is -2.29. The Labute approximate surface area is 233 Å². The van der Waals surface area contributed by atoms with E-state index in [2.05, 4.69) is 4.98 Å². The Balaban J connectivity index is 1.55. The van der Waals surface area contributed by atoms with E-state index in [-0.39, 0.29) is 16.5 Å². The second-order valence-electron chi connectivity index (χ2n) is 9.58. The molecule has 0 spiro atoms. The molecule has 6 rings (SSSR count). The first-order valence-electron chi connectivity index (χ1n) is 12.6. The molecule has 1 fully saturated rings. The van der Waals surface area contributed by atoms with E-state index in [4.69, 9.17) is 4.74 Å². The molecule has 1 amide bonds. The normalized spacial score (nSPS) is 16.6. The monoisotopic (exact) mass is 550 g/mol. The highest BCUT2D eigenvalue weighted by Crippen LogP contribution is 2.45. The zero-order valence-corrected chi connectivity index (χ0v) is 22.4. The first-order valence-corrected chi connectivity index (χ1v) is 13.4. The quantitative estimate of drug-likeness (QED) is 0.140. The lowest BCUT2D eigenvalue weighted by atomic mass is 9.93. The topological polar surface area (TPSA) is 79.7 Å². The van der Waals surface area contributed by atoms with Crippen molar-refractivity contribution in [1.82, 2.24) is 4.98 Å². The van der Waals surface area contributed by atoms with Gasteiger partial charge in [-0.2, -0.15) is 0 Å². The zero-order valence-electron chi connectivity index (χ0n) is 21.6. The molecule has 0 radical (unpaired) electrons. The summed E-state index contributed by atoms with van der Waals surface area (Å²) < 4.78 is 20.5. The summed E-state index contributed by atoms with van der Waals surface area (Å²) in [5.74, 6) is -1.24. The summed E-state index contributed by atoms with van der Waals surface area (Å²) in [5.41, 5.74) is 3.10. The number of ketones is 1. The Hall–Kier alpha value is -4.82. The minimum Gasteiger partial charge on any atom is -0.507 e. The molecule has 1 aliphatic heterocycles. The molecule has 1 atom stereocenters. The molecule has 1 saturated heterocycles. The fraction of sp³-hybridized carbons (Fsp3) is 0.0938. The summed E-state index contributed by atoms with van der Waals surface area (Å²) in [6.45, 7) is 3.72. The number of rotatable bonds is 5. The number of ether oxygens (including phenoxy) is 1. The van der Waals surface area contributed by atoms with Gasteiger partial charge in [0.25, 0.3) is 5.78 Å². The Morgan fingerprint density at radius 2 is 1.70 bits per heavy atom. The molecule has 1 unspecified atom stereocenters. The maximum absolute atomic E-state index is 13.9. The predicted molar refractivity (Wildman–Crippen MR) is 153 cm³/mol. The molecule has 2 heterocycles. The lowest BCUT2D eigenvalue weighted by molar-refractivity contribution is -0.132. The van der Waals surface area contributed by atoms with Crippen molar-refractivity contribution in [1.29, 1.82) is 0 Å². The first kappa shape index (κ1) is 25.5. The minimum atomic E-state index is -0.996. The number of halogens is 1. The molecule has 1 aliphatic rings. The third-order valence-electron chi connectivity index (χ3n) is 6.79. The molecule has 0 bridgehead atoms. The van der Waals surface area contributed by atoms with Gasteiger partial charge in [-0.05, 0) is 73.5 Å². The van der Waals surface area contributed by atoms with E-state index in [9.17, 15) is 19.1 Å². The number of aliphatic hydroxyl groups excluding tert-OH is 1. The van der Waals surface area contributed by atoms with E-state index in [1.807, 2.05) is 56.3 Å². The van der Waals surface area contributed by atoms with Crippen LogP contribution < -0.4 is 9.64 Å². The second kappa shape index (κ2) is 10.1. The van der Waals surface area contributed by atoms with E-state index in [1.165, 1.54) is 23.1 Å². The highest BCUT2D eigenvalue weighted by atomic mass is 32.1. The Morgan fingerprint density at radius 3 is 2.50 bits per heavy atom. The maximum Gasteiger partial charge on any atom is 0.301 e. The minimum absolute atomic E-state index is 0.0546. The molecule has 4 aromatic carbocycles. The SMILES string of the molecule is Cc1ccc(C)c(C(O)=C2C(=O)C(=O)N(c3nc4ccc(F)cc4s3)C2c2cccc(Oc3ccccc3)c2)c1. The number of aryl methyl sites for hydroxylation is 2. The number of nitrogens with zero attached hydrogens (tertiary/aromatic N) is 2. The van der Waals surface area contributed by atoms with Gasteiger partial charge in [0.15, 0.2) is 5.13 Å². The summed E-state index contributed by atoms with van der Waals surface area (Å²) in [6.07, 6.45) is 0. The van der Waals surface area contributed by atoms with E-state index in [1.54, 1.807) is 30.3 Å². The van der Waals surface area contributed by atoms with E-state index >= 15 is 0 Å². The number of hydrogen-bond donors (Lipinski definition) is 1. The van der Waals surface area contributed by atoms with Gasteiger partial charge < -0.3 is 9.84 Å². The third kappa shape index (κ3) is 4.52. The fourth-order valence-corrected chi connectivity index (χ4v) is 5.86. The number of carbonyl (C=O) groups excluding carboxylic acids is 2. The van der Waals surface area contributed by atoms with Crippen LogP contribution in [0, 0.1) is 19.7 Å². The first-order chi connectivity index (χ1) is 19.3. The average molecular weight is 551 g/mol. The van der Waals surface area contributed by atoms with Crippen molar-refractivity contribution >= 4 is 44.1 Å². The van der Waals surface area contributed by atoms with Crippen LogP contribution in [0.5, 0.6) is 11.5 Å². The van der Waals surface area contributed by atoms with Crippen LogP contribution in [-0.4, -0.2) is 21.8 Å². The highest BCUT2D eigenvalue weighted by Gasteiger charge is 2.48. The summed E-state index contributed by atoms with van der Waals surface area (Å²) >= 11 is 1.10. The smallest absolute Gasteiger partial charge is 0.301 e. The van der Waals surface area contributed by atoms with Gasteiger partial charge in [0.05, 0.1) is 21.8 Å². The molecule has 0 saturated carbocycles. The molecular weight excluding hydrogens is 527 g/mol. The Kier molecular flexibility index (Phi) is 6.40. The van der Waals surface area contributed by atoms with Crippen molar-refractivity contribution in [2.75, 3.05) is 4.90 Å². The number of amides is 1. The molecule has 0 aliphatic carbocycles. The van der Waals surface area contributed by atoms with E-state index < -0.39 is 23.5 Å². The molecule has 1 N–H and O–H groups in total. The summed E-state index contributed by atoms with van der Waals surface area (Å²) in [6, 6.07) is 25.0. The van der Waals surface area contributed by atoms with Crippen molar-refractivity contribution < 1.29 is 23.8 Å². The van der Waals surface area contributed by atoms with Crippen molar-refractivity contribution in [3.05, 3.63) is 125 Å². The summed E-state index contributed by atoms with van der Waals surface area (Å²) in [4.78, 5) is 33.0. The van der Waals surface area contributed by atoms with Gasteiger partial charge in [0.2, 0.25) is 0 Å². The van der Waals surface area contributed by atoms with Gasteiger partial charge >= 0.3 is 5.91 Å². The summed E-state index contributed by atoms with van der Waals surface area (Å²) in [7, 11) is 0. The van der Waals surface area contributed by atoms with Crippen molar-refractivity contribution in [2.45, 2.75) is 19.9 Å². The molecule has 6 nitrogen and oxygen atoms in total. The highest BCUT2D eigenvalue weighted by molar-refractivity contribution is 7.22. The number of carbonyl (C=O) groups is 2. The van der Waals surface area contributed by atoms with Crippen LogP contribution in [0.25, 0.3) is 16.0 Å². The number of benzene rings is 4. The van der Waals surface area contributed by atoms with Crippen LogP contribution in [0.3, 0.4) is 0 Å². The number of anilines is 1. The van der Waals surface area contributed by atoms with Crippen LogP contribution in [-0.2, 0) is 9.59 Å². The molecule has 198 valence electrons. The number of thiazole rings is 1. The maximum atomic E-state index is 13.9. The summed E-state index contributed by atoms with van der Waals surface area (Å²) in [5, 5.41) is 11.8. The number of hydrogen-bond acceptors (Lipinski definition) is 6. The fourth-order valence-electron chi connectivity index (χ4n) is 4.84. The van der Waals surface area contributed by atoms with Gasteiger partial charge in [-0.3, -0.25) is 14.5 Å². The number of Topliss-reactive ketones (excluding diaryl/α,β-unsaturated/α-hetero) is 1. The third-order valence-corrected chi connectivity index (χ3v) is 7.81. The Bertz CT molecular complexity index is 1830. The van der Waals surface area contributed by atoms with Crippen molar-refractivity contribution in [2.24, 2.45) is 0 Å². The molecule has 40 heavy (non-hydrogen) atoms. The molecule has 1 aromatic heterocycles.